The SMILES string of the molecule is CC(C)OC(=O)C(F)C(=O)c1cccc(F)c1. The van der Waals surface area contributed by atoms with Gasteiger partial charge in [0.25, 0.3) is 6.17 Å². The van der Waals surface area contributed by atoms with Crippen molar-refractivity contribution >= 4 is 11.8 Å². The molecule has 0 N–H and O–H groups in total. The summed E-state index contributed by atoms with van der Waals surface area (Å²) in [4.78, 5) is 22.6. The Morgan fingerprint density at radius 2 is 1.94 bits per heavy atom. The number of ketones is 1. The molecule has 3 nitrogen and oxygen atoms in total. The molecule has 0 bridgehead atoms. The van der Waals surface area contributed by atoms with Crippen molar-refractivity contribution < 1.29 is 23.1 Å². The molecule has 0 radical (unpaired) electrons. The van der Waals surface area contributed by atoms with Crippen molar-refractivity contribution in [1.82, 2.24) is 0 Å². The van der Waals surface area contributed by atoms with Crippen molar-refractivity contribution in [2.24, 2.45) is 0 Å². The quantitative estimate of drug-likeness (QED) is 0.462. The first-order valence-corrected chi connectivity index (χ1v) is 5.06. The van der Waals surface area contributed by atoms with Gasteiger partial charge in [-0.1, -0.05) is 12.1 Å². The number of esters is 1. The highest BCUT2D eigenvalue weighted by Crippen LogP contribution is 2.10. The molecule has 1 aromatic carbocycles. The highest BCUT2D eigenvalue weighted by Gasteiger charge is 2.29. The Balaban J connectivity index is 2.80. The highest BCUT2D eigenvalue weighted by molar-refractivity contribution is 6.11. The molecule has 0 fully saturated rings. The molecule has 1 rings (SSSR count). The predicted molar refractivity (Wildman–Crippen MR) is 56.9 cm³/mol. The van der Waals surface area contributed by atoms with E-state index in [9.17, 15) is 18.4 Å². The van der Waals surface area contributed by atoms with Crippen LogP contribution in [0.5, 0.6) is 0 Å². The largest absolute Gasteiger partial charge is 0.460 e. The molecule has 1 atom stereocenters. The normalized spacial score (nSPS) is 12.3. The third kappa shape index (κ3) is 3.62. The first kappa shape index (κ1) is 13.3. The molecule has 1 unspecified atom stereocenters. The zero-order chi connectivity index (χ0) is 13.0. The van der Waals surface area contributed by atoms with Gasteiger partial charge in [-0.2, -0.15) is 0 Å². The van der Waals surface area contributed by atoms with E-state index in [1.165, 1.54) is 26.0 Å². The average Bonchev–Trinajstić information content (AvgIpc) is 2.26. The zero-order valence-corrected chi connectivity index (χ0v) is 9.44. The van der Waals surface area contributed by atoms with Gasteiger partial charge in [-0.05, 0) is 26.0 Å². The first-order chi connectivity index (χ1) is 7.91. The molecule has 17 heavy (non-hydrogen) atoms. The summed E-state index contributed by atoms with van der Waals surface area (Å²) < 4.78 is 30.8. The Bertz CT molecular complexity index is 430. The van der Waals surface area contributed by atoms with Crippen molar-refractivity contribution in [3.63, 3.8) is 0 Å². The van der Waals surface area contributed by atoms with Crippen molar-refractivity contribution in [3.05, 3.63) is 35.6 Å². The number of hydrogen-bond acceptors (Lipinski definition) is 3. The molecule has 1 aromatic rings. The number of benzene rings is 1. The second-order valence-electron chi connectivity index (χ2n) is 3.72. The van der Waals surface area contributed by atoms with E-state index in [1.807, 2.05) is 0 Å². The van der Waals surface area contributed by atoms with Crippen molar-refractivity contribution in [3.8, 4) is 0 Å². The van der Waals surface area contributed by atoms with Crippen molar-refractivity contribution in [2.45, 2.75) is 26.1 Å². The lowest BCUT2D eigenvalue weighted by molar-refractivity contribution is -0.151. The van der Waals surface area contributed by atoms with Gasteiger partial charge in [0.2, 0.25) is 5.78 Å². The molecule has 0 saturated heterocycles. The summed E-state index contributed by atoms with van der Waals surface area (Å²) in [6.07, 6.45) is -2.93. The first-order valence-electron chi connectivity index (χ1n) is 5.06. The smallest absolute Gasteiger partial charge is 0.349 e. The number of Topliss-reactive ketones (excluding diaryl/α,β-unsaturated/α-hetero) is 1. The van der Waals surface area contributed by atoms with Gasteiger partial charge in [-0.15, -0.1) is 0 Å². The van der Waals surface area contributed by atoms with E-state index in [2.05, 4.69) is 4.74 Å². The lowest BCUT2D eigenvalue weighted by Gasteiger charge is -2.10. The van der Waals surface area contributed by atoms with Crippen LogP contribution in [0.2, 0.25) is 0 Å². The van der Waals surface area contributed by atoms with Crippen LogP contribution in [-0.2, 0) is 9.53 Å². The summed E-state index contributed by atoms with van der Waals surface area (Å²) in [7, 11) is 0. The molecule has 0 amide bonds. The third-order valence-electron chi connectivity index (χ3n) is 1.90. The summed E-state index contributed by atoms with van der Waals surface area (Å²) in [5, 5.41) is 0. The van der Waals surface area contributed by atoms with Crippen LogP contribution < -0.4 is 0 Å². The molecule has 0 aliphatic heterocycles. The van der Waals surface area contributed by atoms with Crippen LogP contribution in [0.4, 0.5) is 8.78 Å². The third-order valence-corrected chi connectivity index (χ3v) is 1.90. The van der Waals surface area contributed by atoms with Crippen LogP contribution in [0, 0.1) is 5.82 Å². The molecule has 0 aliphatic carbocycles. The van der Waals surface area contributed by atoms with Gasteiger partial charge in [0.1, 0.15) is 5.82 Å². The summed E-state index contributed by atoms with van der Waals surface area (Å²) in [6, 6.07) is 4.50. The van der Waals surface area contributed by atoms with E-state index in [4.69, 9.17) is 0 Å². The maximum atomic E-state index is 13.4. The Morgan fingerprint density at radius 3 is 2.47 bits per heavy atom. The number of halogens is 2. The van der Waals surface area contributed by atoms with Crippen LogP contribution in [0.1, 0.15) is 24.2 Å². The van der Waals surface area contributed by atoms with Crippen LogP contribution in [0.3, 0.4) is 0 Å². The minimum Gasteiger partial charge on any atom is -0.460 e. The second kappa shape index (κ2) is 5.52. The molecule has 0 spiro atoms. The van der Waals surface area contributed by atoms with Crippen molar-refractivity contribution in [1.29, 1.82) is 0 Å². The fraction of sp³-hybridized carbons (Fsp3) is 0.333. The number of alkyl halides is 1. The van der Waals surface area contributed by atoms with Gasteiger partial charge >= 0.3 is 5.97 Å². The number of carbonyl (C=O) groups is 2. The highest BCUT2D eigenvalue weighted by atomic mass is 19.1. The Morgan fingerprint density at radius 1 is 1.29 bits per heavy atom. The Labute approximate surface area is 97.4 Å². The van der Waals surface area contributed by atoms with Gasteiger partial charge in [0.05, 0.1) is 6.10 Å². The fourth-order valence-electron chi connectivity index (χ4n) is 1.19. The standard InChI is InChI=1S/C12H12F2O3/c1-7(2)17-12(16)10(14)11(15)8-4-3-5-9(13)6-8/h3-7,10H,1-2H3. The topological polar surface area (TPSA) is 43.4 Å². The van der Waals surface area contributed by atoms with E-state index in [0.29, 0.717) is 0 Å². The van der Waals surface area contributed by atoms with E-state index < -0.39 is 29.8 Å². The summed E-state index contributed by atoms with van der Waals surface area (Å²) in [5.41, 5.74) is -0.196. The Kier molecular flexibility index (Phi) is 4.31. The Hall–Kier alpha value is -1.78. The molecular formula is C12H12F2O3. The minimum absolute atomic E-state index is 0.196. The van der Waals surface area contributed by atoms with Gasteiger partial charge in [-0.25, -0.2) is 13.6 Å². The molecule has 0 aliphatic rings. The van der Waals surface area contributed by atoms with Crippen LogP contribution in [0.15, 0.2) is 24.3 Å². The van der Waals surface area contributed by atoms with Crippen LogP contribution in [0.25, 0.3) is 0 Å². The molecule has 0 saturated carbocycles. The lowest BCUT2D eigenvalue weighted by Crippen LogP contribution is -2.29. The minimum atomic E-state index is -2.42. The monoisotopic (exact) mass is 242 g/mol. The number of carbonyl (C=O) groups excluding carboxylic acids is 2. The lowest BCUT2D eigenvalue weighted by atomic mass is 10.1. The zero-order valence-electron chi connectivity index (χ0n) is 9.44. The molecular weight excluding hydrogens is 230 g/mol. The van der Waals surface area contributed by atoms with E-state index >= 15 is 0 Å². The molecule has 0 aromatic heterocycles. The number of rotatable bonds is 4. The molecule has 0 heterocycles. The maximum Gasteiger partial charge on any atom is 0.349 e. The summed E-state index contributed by atoms with van der Waals surface area (Å²) in [6.45, 7) is 3.08. The van der Waals surface area contributed by atoms with E-state index in [-0.39, 0.29) is 5.56 Å². The maximum absolute atomic E-state index is 13.4. The van der Waals surface area contributed by atoms with Crippen molar-refractivity contribution in [2.75, 3.05) is 0 Å². The van der Waals surface area contributed by atoms with Gasteiger partial charge < -0.3 is 4.74 Å². The van der Waals surface area contributed by atoms with Gasteiger partial charge in [0.15, 0.2) is 0 Å². The van der Waals surface area contributed by atoms with Gasteiger partial charge in [0, 0.05) is 5.56 Å². The molecule has 5 heteroatoms. The van der Waals surface area contributed by atoms with Gasteiger partial charge in [-0.3, -0.25) is 4.79 Å². The summed E-state index contributed by atoms with van der Waals surface area (Å²) in [5.74, 6) is -3.02. The van der Waals surface area contributed by atoms with E-state index in [0.717, 1.165) is 12.1 Å². The van der Waals surface area contributed by atoms with Crippen LogP contribution in [-0.4, -0.2) is 24.0 Å². The van der Waals surface area contributed by atoms with E-state index in [1.54, 1.807) is 0 Å². The predicted octanol–water partition coefficient (Wildman–Crippen LogP) is 2.30. The number of ether oxygens (including phenoxy) is 1. The molecule has 92 valence electrons. The fourth-order valence-corrected chi connectivity index (χ4v) is 1.19. The second-order valence-corrected chi connectivity index (χ2v) is 3.72. The van der Waals surface area contributed by atoms with Crippen LogP contribution >= 0.6 is 0 Å². The average molecular weight is 242 g/mol. The number of hydrogen-bond donors (Lipinski definition) is 0. The summed E-state index contributed by atoms with van der Waals surface area (Å²) >= 11 is 0.